The molecule has 2 fully saturated rings. The Kier molecular flexibility index (Phi) is 3.42. The number of hydrogen-bond donors (Lipinski definition) is 1. The summed E-state index contributed by atoms with van der Waals surface area (Å²) in [4.78, 5) is 5.12. The minimum atomic E-state index is 0.777. The van der Waals surface area contributed by atoms with Crippen molar-refractivity contribution in [3.63, 3.8) is 0 Å². The molecule has 1 saturated carbocycles. The Bertz CT molecular complexity index is 175. The molecule has 2 aliphatic rings. The first-order valence-electron chi connectivity index (χ1n) is 5.89. The van der Waals surface area contributed by atoms with Crippen molar-refractivity contribution in [2.45, 2.75) is 31.3 Å². The van der Waals surface area contributed by atoms with Crippen LogP contribution in [0.4, 0.5) is 0 Å². The van der Waals surface area contributed by atoms with Crippen molar-refractivity contribution in [1.82, 2.24) is 15.1 Å². The van der Waals surface area contributed by atoms with Crippen LogP contribution in [0, 0.1) is 0 Å². The summed E-state index contributed by atoms with van der Waals surface area (Å²) < 4.78 is 0. The molecule has 0 amide bonds. The number of piperazine rings is 1. The molecule has 3 nitrogen and oxygen atoms in total. The molecule has 14 heavy (non-hydrogen) atoms. The lowest BCUT2D eigenvalue weighted by Gasteiger charge is -2.36. The van der Waals surface area contributed by atoms with E-state index in [2.05, 4.69) is 29.2 Å². The summed E-state index contributed by atoms with van der Waals surface area (Å²) in [6, 6.07) is 1.64. The Morgan fingerprint density at radius 3 is 2.36 bits per heavy atom. The van der Waals surface area contributed by atoms with Crippen LogP contribution in [0.2, 0.25) is 0 Å². The maximum absolute atomic E-state index is 3.40. The van der Waals surface area contributed by atoms with Gasteiger partial charge in [-0.1, -0.05) is 0 Å². The first-order chi connectivity index (χ1) is 6.79. The van der Waals surface area contributed by atoms with Crippen LogP contribution in [0.1, 0.15) is 19.3 Å². The Balaban J connectivity index is 1.79. The molecule has 0 aromatic heterocycles. The fraction of sp³-hybridized carbons (Fsp3) is 1.00. The molecule has 1 saturated heterocycles. The molecule has 0 unspecified atom stereocenters. The van der Waals surface area contributed by atoms with E-state index in [-0.39, 0.29) is 0 Å². The maximum Gasteiger partial charge on any atom is 0.0113 e. The Hall–Kier alpha value is -0.120. The zero-order chi connectivity index (χ0) is 9.97. The molecule has 1 heterocycles. The summed E-state index contributed by atoms with van der Waals surface area (Å²) in [5.74, 6) is 0. The van der Waals surface area contributed by atoms with Crippen molar-refractivity contribution in [2.75, 3.05) is 40.3 Å². The van der Waals surface area contributed by atoms with Gasteiger partial charge < -0.3 is 10.2 Å². The molecule has 1 aliphatic heterocycles. The smallest absolute Gasteiger partial charge is 0.0113 e. The fourth-order valence-electron chi connectivity index (χ4n) is 2.74. The summed E-state index contributed by atoms with van der Waals surface area (Å²) in [6.07, 6.45) is 4.13. The highest BCUT2D eigenvalue weighted by molar-refractivity contribution is 4.87. The second kappa shape index (κ2) is 4.60. The van der Waals surface area contributed by atoms with Gasteiger partial charge in [-0.3, -0.25) is 4.90 Å². The second-order valence-electron chi connectivity index (χ2n) is 4.79. The Labute approximate surface area is 87.4 Å². The number of nitrogens with one attached hydrogen (secondary N) is 1. The van der Waals surface area contributed by atoms with Gasteiger partial charge in [0.05, 0.1) is 0 Å². The van der Waals surface area contributed by atoms with Gasteiger partial charge in [-0.25, -0.2) is 0 Å². The van der Waals surface area contributed by atoms with Gasteiger partial charge >= 0.3 is 0 Å². The molecular weight excluding hydrogens is 174 g/mol. The van der Waals surface area contributed by atoms with Crippen molar-refractivity contribution in [1.29, 1.82) is 0 Å². The number of rotatable bonds is 2. The lowest BCUT2D eigenvalue weighted by atomic mass is 10.2. The van der Waals surface area contributed by atoms with Gasteiger partial charge in [-0.15, -0.1) is 0 Å². The van der Waals surface area contributed by atoms with E-state index in [1.165, 1.54) is 45.4 Å². The summed E-state index contributed by atoms with van der Waals surface area (Å²) in [5, 5.41) is 3.40. The summed E-state index contributed by atoms with van der Waals surface area (Å²) in [7, 11) is 4.32. The quantitative estimate of drug-likeness (QED) is 0.690. The molecule has 82 valence electrons. The summed E-state index contributed by atoms with van der Waals surface area (Å²) in [6.45, 7) is 5.05. The van der Waals surface area contributed by atoms with E-state index in [1.54, 1.807) is 0 Å². The standard InChI is InChI=1S/C11H23N3/c1-12-10-3-4-11(9-10)14-7-5-13(2)6-8-14/h10-12H,3-9H2,1-2H3/t10-,11-/m1/s1. The van der Waals surface area contributed by atoms with Crippen LogP contribution in [-0.4, -0.2) is 62.2 Å². The minimum absolute atomic E-state index is 0.777. The van der Waals surface area contributed by atoms with Gasteiger partial charge in [-0.2, -0.15) is 0 Å². The zero-order valence-corrected chi connectivity index (χ0v) is 9.50. The third-order valence-electron chi connectivity index (χ3n) is 3.87. The van der Waals surface area contributed by atoms with Crippen molar-refractivity contribution in [3.8, 4) is 0 Å². The lowest BCUT2D eigenvalue weighted by Crippen LogP contribution is -2.48. The molecule has 2 rings (SSSR count). The normalized spacial score (nSPS) is 36.4. The van der Waals surface area contributed by atoms with Crippen LogP contribution in [-0.2, 0) is 0 Å². The van der Waals surface area contributed by atoms with Crippen LogP contribution >= 0.6 is 0 Å². The largest absolute Gasteiger partial charge is 0.317 e. The fourth-order valence-corrected chi connectivity index (χ4v) is 2.74. The number of nitrogens with zero attached hydrogens (tertiary/aromatic N) is 2. The predicted octanol–water partition coefficient (Wildman–Crippen LogP) is 0.374. The third-order valence-corrected chi connectivity index (χ3v) is 3.87. The monoisotopic (exact) mass is 197 g/mol. The Morgan fingerprint density at radius 2 is 1.79 bits per heavy atom. The first kappa shape index (κ1) is 10.4. The van der Waals surface area contributed by atoms with Gasteiger partial charge in [-0.05, 0) is 33.4 Å². The molecule has 2 atom stereocenters. The van der Waals surface area contributed by atoms with Crippen LogP contribution in [0.25, 0.3) is 0 Å². The topological polar surface area (TPSA) is 18.5 Å². The van der Waals surface area contributed by atoms with E-state index >= 15 is 0 Å². The van der Waals surface area contributed by atoms with E-state index in [0.717, 1.165) is 12.1 Å². The molecule has 0 spiro atoms. The molecular formula is C11H23N3. The van der Waals surface area contributed by atoms with E-state index in [4.69, 9.17) is 0 Å². The van der Waals surface area contributed by atoms with Gasteiger partial charge in [0.1, 0.15) is 0 Å². The molecule has 0 aromatic carbocycles. The van der Waals surface area contributed by atoms with Crippen molar-refractivity contribution < 1.29 is 0 Å². The van der Waals surface area contributed by atoms with Crippen molar-refractivity contribution >= 4 is 0 Å². The van der Waals surface area contributed by atoms with Gasteiger partial charge in [0.25, 0.3) is 0 Å². The first-order valence-corrected chi connectivity index (χ1v) is 5.89. The number of hydrogen-bond acceptors (Lipinski definition) is 3. The van der Waals surface area contributed by atoms with E-state index in [0.29, 0.717) is 0 Å². The minimum Gasteiger partial charge on any atom is -0.317 e. The van der Waals surface area contributed by atoms with E-state index in [1.807, 2.05) is 0 Å². The highest BCUT2D eigenvalue weighted by atomic mass is 15.3. The third kappa shape index (κ3) is 2.27. The van der Waals surface area contributed by atoms with E-state index < -0.39 is 0 Å². The molecule has 1 aliphatic carbocycles. The highest BCUT2D eigenvalue weighted by Crippen LogP contribution is 2.24. The van der Waals surface area contributed by atoms with E-state index in [9.17, 15) is 0 Å². The molecule has 1 N–H and O–H groups in total. The van der Waals surface area contributed by atoms with Crippen LogP contribution in [0.15, 0.2) is 0 Å². The summed E-state index contributed by atoms with van der Waals surface area (Å²) in [5.41, 5.74) is 0. The molecule has 3 heteroatoms. The Morgan fingerprint density at radius 1 is 1.07 bits per heavy atom. The lowest BCUT2D eigenvalue weighted by molar-refractivity contribution is 0.112. The van der Waals surface area contributed by atoms with Crippen LogP contribution < -0.4 is 5.32 Å². The van der Waals surface area contributed by atoms with Crippen molar-refractivity contribution in [2.24, 2.45) is 0 Å². The molecule has 0 bridgehead atoms. The SMILES string of the molecule is CN[C@@H]1CC[C@@H](N2CCN(C)CC2)C1. The van der Waals surface area contributed by atoms with Crippen LogP contribution in [0.3, 0.4) is 0 Å². The number of likely N-dealkylation sites (N-methyl/N-ethyl adjacent to an activating group) is 1. The highest BCUT2D eigenvalue weighted by Gasteiger charge is 2.29. The average Bonchev–Trinajstić information content (AvgIpc) is 2.67. The summed E-state index contributed by atoms with van der Waals surface area (Å²) >= 11 is 0. The molecule has 0 radical (unpaired) electrons. The second-order valence-corrected chi connectivity index (χ2v) is 4.79. The van der Waals surface area contributed by atoms with Gasteiger partial charge in [0.2, 0.25) is 0 Å². The maximum atomic E-state index is 3.40. The van der Waals surface area contributed by atoms with Gasteiger partial charge in [0.15, 0.2) is 0 Å². The van der Waals surface area contributed by atoms with Gasteiger partial charge in [0, 0.05) is 38.3 Å². The van der Waals surface area contributed by atoms with Crippen molar-refractivity contribution in [3.05, 3.63) is 0 Å². The molecule has 0 aromatic rings. The van der Waals surface area contributed by atoms with Crippen LogP contribution in [0.5, 0.6) is 0 Å². The zero-order valence-electron chi connectivity index (χ0n) is 9.50. The predicted molar refractivity (Wildman–Crippen MR) is 59.6 cm³/mol. The average molecular weight is 197 g/mol.